The molecule has 0 aliphatic rings. The first-order chi connectivity index (χ1) is 7.70. The average molecular weight is 278 g/mol. The van der Waals surface area contributed by atoms with E-state index >= 15 is 0 Å². The van der Waals surface area contributed by atoms with Gasteiger partial charge in [0.05, 0.1) is 4.47 Å². The van der Waals surface area contributed by atoms with Gasteiger partial charge in [-0.1, -0.05) is 23.3 Å². The highest BCUT2D eigenvalue weighted by molar-refractivity contribution is 9.10. The number of hydrogen-bond donors (Lipinski definition) is 0. The summed E-state index contributed by atoms with van der Waals surface area (Å²) in [5, 5.41) is 7.88. The third-order valence-corrected chi connectivity index (χ3v) is 2.64. The molecule has 0 aliphatic carbocycles. The van der Waals surface area contributed by atoms with E-state index in [2.05, 4.69) is 31.1 Å². The van der Waals surface area contributed by atoms with Gasteiger partial charge in [-0.15, -0.1) is 0 Å². The highest BCUT2D eigenvalue weighted by Gasteiger charge is 2.07. The van der Waals surface area contributed by atoms with Crippen molar-refractivity contribution >= 4 is 21.6 Å². The summed E-state index contributed by atoms with van der Waals surface area (Å²) in [5.41, 5.74) is 10.7. The lowest BCUT2D eigenvalue weighted by molar-refractivity contribution is 0.770. The first-order valence-electron chi connectivity index (χ1n) is 4.55. The molecule has 0 amide bonds. The summed E-state index contributed by atoms with van der Waals surface area (Å²) in [4.78, 5) is 2.76. The Morgan fingerprint density at radius 1 is 1.50 bits per heavy atom. The molecule has 6 heteroatoms. The standard InChI is InChI=1S/C10H8BrN5/c1-16-6-9(11)10(14-16)7-3-2-4-8(5-7)13-15-12/h2-6H,1H3. The smallest absolute Gasteiger partial charge is 0.106 e. The second kappa shape index (κ2) is 4.38. The summed E-state index contributed by atoms with van der Waals surface area (Å²) in [6, 6.07) is 7.30. The van der Waals surface area contributed by atoms with Crippen molar-refractivity contribution < 1.29 is 0 Å². The molecule has 1 heterocycles. The maximum Gasteiger partial charge on any atom is 0.106 e. The number of benzene rings is 1. The van der Waals surface area contributed by atoms with Crippen LogP contribution in [0.15, 0.2) is 40.0 Å². The predicted molar refractivity (Wildman–Crippen MR) is 65.2 cm³/mol. The largest absolute Gasteiger partial charge is 0.274 e. The normalized spacial score (nSPS) is 9.88. The van der Waals surface area contributed by atoms with Crippen molar-refractivity contribution in [2.24, 2.45) is 12.2 Å². The van der Waals surface area contributed by atoms with Crippen molar-refractivity contribution in [3.63, 3.8) is 0 Å². The fraction of sp³-hybridized carbons (Fsp3) is 0.100. The van der Waals surface area contributed by atoms with Crippen LogP contribution in [-0.2, 0) is 7.05 Å². The molecule has 1 aromatic heterocycles. The van der Waals surface area contributed by atoms with Gasteiger partial charge in [-0.05, 0) is 27.5 Å². The van der Waals surface area contributed by atoms with E-state index in [1.807, 2.05) is 25.4 Å². The van der Waals surface area contributed by atoms with Gasteiger partial charge in [0.15, 0.2) is 0 Å². The number of azide groups is 1. The van der Waals surface area contributed by atoms with Crippen LogP contribution in [0, 0.1) is 0 Å². The Balaban J connectivity index is 2.51. The summed E-state index contributed by atoms with van der Waals surface area (Å²) in [5.74, 6) is 0. The molecule has 0 spiro atoms. The minimum Gasteiger partial charge on any atom is -0.274 e. The summed E-state index contributed by atoms with van der Waals surface area (Å²) >= 11 is 3.43. The summed E-state index contributed by atoms with van der Waals surface area (Å²) < 4.78 is 2.63. The van der Waals surface area contributed by atoms with Gasteiger partial charge in [0.1, 0.15) is 5.69 Å². The molecule has 0 bridgehead atoms. The van der Waals surface area contributed by atoms with Crippen LogP contribution in [0.4, 0.5) is 5.69 Å². The molecule has 2 aromatic rings. The Bertz CT molecular complexity index is 568. The fourth-order valence-electron chi connectivity index (χ4n) is 1.42. The maximum atomic E-state index is 8.37. The second-order valence-electron chi connectivity index (χ2n) is 3.24. The number of nitrogens with zero attached hydrogens (tertiary/aromatic N) is 5. The summed E-state index contributed by atoms with van der Waals surface area (Å²) in [6.07, 6.45) is 1.87. The van der Waals surface area contributed by atoms with Gasteiger partial charge in [-0.2, -0.15) is 5.10 Å². The zero-order chi connectivity index (χ0) is 11.5. The lowest BCUT2D eigenvalue weighted by atomic mass is 10.1. The number of rotatable bonds is 2. The van der Waals surface area contributed by atoms with Crippen molar-refractivity contribution in [3.8, 4) is 11.3 Å². The highest BCUT2D eigenvalue weighted by Crippen LogP contribution is 2.28. The van der Waals surface area contributed by atoms with E-state index in [-0.39, 0.29) is 0 Å². The van der Waals surface area contributed by atoms with Gasteiger partial charge in [-0.3, -0.25) is 4.68 Å². The number of hydrogen-bond acceptors (Lipinski definition) is 2. The molecule has 0 aliphatic heterocycles. The SMILES string of the molecule is Cn1cc(Br)c(-c2cccc(N=[N+]=[N-])c2)n1. The Labute approximate surface area is 100 Å². The van der Waals surface area contributed by atoms with Crippen LogP contribution >= 0.6 is 15.9 Å². The van der Waals surface area contributed by atoms with Crippen LogP contribution in [0.5, 0.6) is 0 Å². The molecule has 2 rings (SSSR count). The lowest BCUT2D eigenvalue weighted by Crippen LogP contribution is -1.87. The van der Waals surface area contributed by atoms with Gasteiger partial charge >= 0.3 is 0 Å². The first kappa shape index (κ1) is 10.7. The van der Waals surface area contributed by atoms with Crippen LogP contribution in [0.2, 0.25) is 0 Å². The van der Waals surface area contributed by atoms with Crippen molar-refractivity contribution in [2.75, 3.05) is 0 Å². The van der Waals surface area contributed by atoms with E-state index in [1.165, 1.54) is 0 Å². The number of aryl methyl sites for hydroxylation is 1. The second-order valence-corrected chi connectivity index (χ2v) is 4.09. The van der Waals surface area contributed by atoms with E-state index in [4.69, 9.17) is 5.53 Å². The van der Waals surface area contributed by atoms with Crippen LogP contribution in [0.25, 0.3) is 21.7 Å². The Kier molecular flexibility index (Phi) is 2.94. The van der Waals surface area contributed by atoms with Crippen LogP contribution in [0.1, 0.15) is 0 Å². The number of aromatic nitrogens is 2. The molecule has 0 radical (unpaired) electrons. The molecule has 0 atom stereocenters. The molecule has 0 N–H and O–H groups in total. The third-order valence-electron chi connectivity index (χ3n) is 2.06. The Hall–Kier alpha value is -1.78. The molecule has 80 valence electrons. The predicted octanol–water partition coefficient (Wildman–Crippen LogP) is 3.79. The quantitative estimate of drug-likeness (QED) is 0.468. The highest BCUT2D eigenvalue weighted by atomic mass is 79.9. The minimum atomic E-state index is 0.581. The van der Waals surface area contributed by atoms with Crippen LogP contribution in [-0.4, -0.2) is 9.78 Å². The van der Waals surface area contributed by atoms with Crippen molar-refractivity contribution in [1.29, 1.82) is 0 Å². The zero-order valence-electron chi connectivity index (χ0n) is 8.50. The molecule has 0 saturated heterocycles. The van der Waals surface area contributed by atoms with Gasteiger partial charge in [0.25, 0.3) is 0 Å². The molecule has 1 aromatic carbocycles. The van der Waals surface area contributed by atoms with E-state index in [0.29, 0.717) is 5.69 Å². The van der Waals surface area contributed by atoms with Crippen LogP contribution < -0.4 is 0 Å². The van der Waals surface area contributed by atoms with Gasteiger partial charge in [0, 0.05) is 29.4 Å². The summed E-state index contributed by atoms with van der Waals surface area (Å²) in [6.45, 7) is 0. The molecule has 16 heavy (non-hydrogen) atoms. The maximum absolute atomic E-state index is 8.37. The number of halogens is 1. The Morgan fingerprint density at radius 2 is 2.31 bits per heavy atom. The first-order valence-corrected chi connectivity index (χ1v) is 5.34. The van der Waals surface area contributed by atoms with E-state index in [1.54, 1.807) is 16.8 Å². The molecule has 0 saturated carbocycles. The van der Waals surface area contributed by atoms with Gasteiger partial charge in [-0.25, -0.2) is 0 Å². The lowest BCUT2D eigenvalue weighted by Gasteiger charge is -1.98. The van der Waals surface area contributed by atoms with Crippen molar-refractivity contribution in [3.05, 3.63) is 45.4 Å². The van der Waals surface area contributed by atoms with Crippen LogP contribution in [0.3, 0.4) is 0 Å². The Morgan fingerprint density at radius 3 is 2.94 bits per heavy atom. The van der Waals surface area contributed by atoms with E-state index in [9.17, 15) is 0 Å². The van der Waals surface area contributed by atoms with E-state index in [0.717, 1.165) is 15.7 Å². The van der Waals surface area contributed by atoms with Gasteiger partial charge in [0.2, 0.25) is 0 Å². The molecule has 0 fully saturated rings. The van der Waals surface area contributed by atoms with Crippen molar-refractivity contribution in [2.45, 2.75) is 0 Å². The topological polar surface area (TPSA) is 66.6 Å². The fourth-order valence-corrected chi connectivity index (χ4v) is 2.03. The third kappa shape index (κ3) is 2.08. The monoisotopic (exact) mass is 277 g/mol. The van der Waals surface area contributed by atoms with Gasteiger partial charge < -0.3 is 0 Å². The zero-order valence-corrected chi connectivity index (χ0v) is 10.1. The molecule has 5 nitrogen and oxygen atoms in total. The average Bonchev–Trinajstić information content (AvgIpc) is 2.59. The molecular formula is C10H8BrN5. The minimum absolute atomic E-state index is 0.581. The van der Waals surface area contributed by atoms with Crippen molar-refractivity contribution in [1.82, 2.24) is 9.78 Å². The molecular weight excluding hydrogens is 270 g/mol. The summed E-state index contributed by atoms with van der Waals surface area (Å²) in [7, 11) is 1.85. The van der Waals surface area contributed by atoms with E-state index < -0.39 is 0 Å². The molecule has 0 unspecified atom stereocenters.